The maximum Gasteiger partial charge on any atom is 0.0668 e. The van der Waals surface area contributed by atoms with Gasteiger partial charge in [-0.3, -0.25) is 9.98 Å². The second-order valence-electron chi connectivity index (χ2n) is 9.75. The summed E-state index contributed by atoms with van der Waals surface area (Å²) >= 11 is 0. The van der Waals surface area contributed by atoms with Crippen molar-refractivity contribution in [1.82, 2.24) is 4.98 Å². The third-order valence-electron chi connectivity index (χ3n) is 7.49. The highest BCUT2D eigenvalue weighted by Gasteiger charge is 2.33. The minimum atomic E-state index is -2.01. The summed E-state index contributed by atoms with van der Waals surface area (Å²) in [6.45, 7) is 8.36. The number of fused-ring (bicyclic) bond motifs is 3. The second-order valence-corrected chi connectivity index (χ2v) is 12.8. The van der Waals surface area contributed by atoms with E-state index >= 15 is 0 Å². The Morgan fingerprint density at radius 3 is 1.92 bits per heavy atom. The molecule has 0 aliphatic carbocycles. The highest BCUT2D eigenvalue weighted by molar-refractivity contribution is 7.94. The summed E-state index contributed by atoms with van der Waals surface area (Å²) in [7, 11) is 0. The third kappa shape index (κ3) is 4.60. The molecule has 0 saturated carbocycles. The van der Waals surface area contributed by atoms with Gasteiger partial charge in [0.1, 0.15) is 0 Å². The number of aromatic nitrogens is 1. The second kappa shape index (κ2) is 11.0. The highest BCUT2D eigenvalue weighted by Crippen LogP contribution is 2.52. The van der Waals surface area contributed by atoms with Crippen LogP contribution in [0.2, 0.25) is 0 Å². The van der Waals surface area contributed by atoms with E-state index in [1.165, 1.54) is 38.2 Å². The van der Waals surface area contributed by atoms with Crippen molar-refractivity contribution >= 4 is 40.5 Å². The van der Waals surface area contributed by atoms with Gasteiger partial charge in [-0.2, -0.15) is 0 Å². The Kier molecular flexibility index (Phi) is 7.51. The summed E-state index contributed by atoms with van der Waals surface area (Å²) in [6, 6.07) is 34.7. The zero-order valence-electron chi connectivity index (χ0n) is 23.4. The number of hydrogen-bond donors (Lipinski definition) is 0. The molecule has 2 heterocycles. The molecule has 3 heteroatoms. The average Bonchev–Trinajstić information content (AvgIpc) is 3.25. The van der Waals surface area contributed by atoms with Gasteiger partial charge in [-0.1, -0.05) is 105 Å². The molecule has 0 bridgehead atoms. The molecule has 0 N–H and O–H groups in total. The highest BCUT2D eigenvalue weighted by atomic mass is 31.2. The number of rotatable bonds is 4. The molecule has 1 aliphatic rings. The topological polar surface area (TPSA) is 25.2 Å². The van der Waals surface area contributed by atoms with E-state index < -0.39 is 6.89 Å². The summed E-state index contributed by atoms with van der Waals surface area (Å²) in [6.07, 6.45) is 8.74. The lowest BCUT2D eigenvalue weighted by atomic mass is 9.96. The van der Waals surface area contributed by atoms with Crippen LogP contribution in [0.3, 0.4) is 0 Å². The normalized spacial score (nSPS) is 13.2. The monoisotopic (exact) mass is 526 g/mol. The van der Waals surface area contributed by atoms with Gasteiger partial charge in [0.15, 0.2) is 0 Å². The van der Waals surface area contributed by atoms with Gasteiger partial charge < -0.3 is 0 Å². The van der Waals surface area contributed by atoms with Crippen molar-refractivity contribution < 1.29 is 0 Å². The molecule has 4 aromatic carbocycles. The molecule has 0 unspecified atom stereocenters. The van der Waals surface area contributed by atoms with Crippen LogP contribution in [-0.2, 0) is 0 Å². The molecule has 2 nitrogen and oxygen atoms in total. The van der Waals surface area contributed by atoms with Gasteiger partial charge in [-0.15, -0.1) is 0 Å². The Labute approximate surface area is 233 Å². The van der Waals surface area contributed by atoms with Gasteiger partial charge in [-0.05, 0) is 83.5 Å². The fourth-order valence-corrected chi connectivity index (χ4v) is 8.85. The van der Waals surface area contributed by atoms with Crippen molar-refractivity contribution in [3.05, 3.63) is 126 Å². The Bertz CT molecular complexity index is 1700. The summed E-state index contributed by atoms with van der Waals surface area (Å²) in [5.74, 6) is 0. The minimum Gasteiger partial charge on any atom is -0.264 e. The van der Waals surface area contributed by atoms with E-state index in [0.717, 1.165) is 28.1 Å². The van der Waals surface area contributed by atoms with Gasteiger partial charge in [0.2, 0.25) is 0 Å². The van der Waals surface area contributed by atoms with Crippen LogP contribution >= 0.6 is 6.89 Å². The first-order chi connectivity index (χ1) is 19.0. The Morgan fingerprint density at radius 2 is 1.28 bits per heavy atom. The van der Waals surface area contributed by atoms with E-state index in [-0.39, 0.29) is 0 Å². The zero-order valence-corrected chi connectivity index (χ0v) is 24.3. The van der Waals surface area contributed by atoms with Crippen LogP contribution in [0.25, 0.3) is 22.3 Å². The molecule has 0 fully saturated rings. The lowest BCUT2D eigenvalue weighted by Gasteiger charge is -2.23. The SMILES string of the molecule is C=P1(c2ccc(C)c(N=C(C)c3ccncc3-c3ccccc3C)c2)c2ccccc2-c2ccccc21.CC. The van der Waals surface area contributed by atoms with Crippen molar-refractivity contribution in [2.24, 2.45) is 4.99 Å². The number of aryl methyl sites for hydroxylation is 2. The largest absolute Gasteiger partial charge is 0.264 e. The van der Waals surface area contributed by atoms with E-state index in [1.54, 1.807) is 0 Å². The molecule has 5 aromatic rings. The maximum absolute atomic E-state index is 5.20. The summed E-state index contributed by atoms with van der Waals surface area (Å²) in [5, 5.41) is 3.96. The quantitative estimate of drug-likeness (QED) is 0.168. The lowest BCUT2D eigenvalue weighted by molar-refractivity contribution is 1.30. The standard InChI is InChI=1S/C34H29N2P.C2H6/c1-23-11-5-6-12-27(23)31-22-35-20-19-28(31)25(3)36-32-21-26(18-17-24(32)2)37(4)33-15-9-7-13-29(33)30-14-8-10-16-34(30)37;1-2/h5-22H,4H2,1-3H3;1-2H3. The summed E-state index contributed by atoms with van der Waals surface area (Å²) in [5.41, 5.74) is 10.4. The molecule has 0 radical (unpaired) electrons. The molecule has 1 aliphatic heterocycles. The van der Waals surface area contributed by atoms with Gasteiger partial charge in [0, 0.05) is 29.2 Å². The summed E-state index contributed by atoms with van der Waals surface area (Å²) < 4.78 is 0. The fraction of sp³-hybridized carbons (Fsp3) is 0.139. The van der Waals surface area contributed by atoms with Crippen LogP contribution in [0.4, 0.5) is 5.69 Å². The van der Waals surface area contributed by atoms with E-state index in [2.05, 4.69) is 123 Å². The minimum absolute atomic E-state index is 0.976. The molecule has 0 saturated heterocycles. The van der Waals surface area contributed by atoms with E-state index in [4.69, 9.17) is 11.3 Å². The molecule has 0 spiro atoms. The molecule has 1 aromatic heterocycles. The smallest absolute Gasteiger partial charge is 0.0668 e. The average molecular weight is 527 g/mol. The predicted molar refractivity (Wildman–Crippen MR) is 174 cm³/mol. The van der Waals surface area contributed by atoms with E-state index in [0.29, 0.717) is 0 Å². The Morgan fingerprint density at radius 1 is 0.692 bits per heavy atom. The van der Waals surface area contributed by atoms with Crippen molar-refractivity contribution in [1.29, 1.82) is 0 Å². The number of pyridine rings is 1. The van der Waals surface area contributed by atoms with Crippen LogP contribution in [0, 0.1) is 13.8 Å². The maximum atomic E-state index is 5.20. The first-order valence-electron chi connectivity index (χ1n) is 13.6. The van der Waals surface area contributed by atoms with Gasteiger partial charge in [0.25, 0.3) is 0 Å². The zero-order chi connectivity index (χ0) is 27.6. The van der Waals surface area contributed by atoms with Crippen LogP contribution < -0.4 is 15.9 Å². The van der Waals surface area contributed by atoms with E-state index in [1.807, 2.05) is 26.2 Å². The van der Waals surface area contributed by atoms with Crippen LogP contribution in [0.5, 0.6) is 0 Å². The lowest BCUT2D eigenvalue weighted by Crippen LogP contribution is -2.21. The van der Waals surface area contributed by atoms with Crippen molar-refractivity contribution in [2.45, 2.75) is 34.6 Å². The Hall–Kier alpha value is -4.00. The van der Waals surface area contributed by atoms with Crippen LogP contribution in [0.1, 0.15) is 37.5 Å². The van der Waals surface area contributed by atoms with Gasteiger partial charge in [-0.25, -0.2) is 0 Å². The Balaban J connectivity index is 0.00000151. The number of hydrogen-bond acceptors (Lipinski definition) is 2. The summed E-state index contributed by atoms with van der Waals surface area (Å²) in [4.78, 5) is 9.63. The number of benzene rings is 4. The van der Waals surface area contributed by atoms with E-state index in [9.17, 15) is 0 Å². The number of aliphatic imine (C=N–C) groups is 1. The molecular formula is C36H35N2P. The molecule has 194 valence electrons. The van der Waals surface area contributed by atoms with Crippen molar-refractivity contribution in [2.75, 3.05) is 0 Å². The first kappa shape index (κ1) is 26.6. The molecule has 0 amide bonds. The molecular weight excluding hydrogens is 491 g/mol. The third-order valence-corrected chi connectivity index (χ3v) is 11.1. The number of nitrogens with zero attached hydrogens (tertiary/aromatic N) is 2. The van der Waals surface area contributed by atoms with Crippen molar-refractivity contribution in [3.63, 3.8) is 0 Å². The van der Waals surface area contributed by atoms with Crippen LogP contribution in [-0.4, -0.2) is 17.0 Å². The van der Waals surface area contributed by atoms with Crippen LogP contribution in [0.15, 0.2) is 114 Å². The van der Waals surface area contributed by atoms with Gasteiger partial charge in [0.05, 0.1) is 5.69 Å². The molecule has 39 heavy (non-hydrogen) atoms. The van der Waals surface area contributed by atoms with Gasteiger partial charge >= 0.3 is 0 Å². The predicted octanol–water partition coefficient (Wildman–Crippen LogP) is 8.24. The fourth-order valence-electron chi connectivity index (χ4n) is 5.47. The first-order valence-corrected chi connectivity index (χ1v) is 15.6. The molecule has 6 rings (SSSR count). The van der Waals surface area contributed by atoms with Crippen molar-refractivity contribution in [3.8, 4) is 22.3 Å². The molecule has 0 atom stereocenters.